The van der Waals surface area contributed by atoms with E-state index in [0.29, 0.717) is 0 Å². The Morgan fingerprint density at radius 1 is 0.143 bits per heavy atom. The molecule has 0 rings (SSSR count). The molecule has 0 saturated carbocycles. The van der Waals surface area contributed by atoms with Crippen LogP contribution in [0.4, 0.5) is 0 Å². The molecular formula is C70H133Li7O14. The Labute approximate surface area is 645 Å². The maximum absolute atomic E-state index is 10.0. The number of aliphatic carboxylic acids is 7. The van der Waals surface area contributed by atoms with Gasteiger partial charge in [-0.05, 0) is 89.9 Å². The van der Waals surface area contributed by atoms with Crippen molar-refractivity contribution in [3.8, 4) is 0 Å². The molecule has 14 nitrogen and oxygen atoms in total. The molecule has 0 aromatic carbocycles. The van der Waals surface area contributed by atoms with Crippen molar-refractivity contribution in [2.24, 2.45) is 0 Å². The van der Waals surface area contributed by atoms with E-state index in [-0.39, 0.29) is 177 Å². The van der Waals surface area contributed by atoms with Crippen LogP contribution in [-0.2, 0) is 33.6 Å². The molecule has 0 aromatic rings. The van der Waals surface area contributed by atoms with Crippen molar-refractivity contribution in [1.29, 1.82) is 0 Å². The van der Waals surface area contributed by atoms with Crippen LogP contribution in [0.5, 0.6) is 0 Å². The summed E-state index contributed by atoms with van der Waals surface area (Å²) < 4.78 is 0. The molecule has 0 aliphatic rings. The molecule has 0 aliphatic heterocycles. The molecule has 0 bridgehead atoms. The van der Waals surface area contributed by atoms with Crippen LogP contribution in [0.1, 0.15) is 408 Å². The van der Waals surface area contributed by atoms with Gasteiger partial charge >= 0.3 is 132 Å². The van der Waals surface area contributed by atoms with E-state index in [1.165, 1.54) is 225 Å². The van der Waals surface area contributed by atoms with E-state index in [1.807, 2.05) is 0 Å². The summed E-state index contributed by atoms with van der Waals surface area (Å²) in [4.78, 5) is 70.2. The van der Waals surface area contributed by atoms with Crippen molar-refractivity contribution in [1.82, 2.24) is 0 Å². The Kier molecular flexibility index (Phi) is 165. The van der Waals surface area contributed by atoms with Gasteiger partial charge in [-0.3, -0.25) is 0 Å². The minimum absolute atomic E-state index is 0. The van der Waals surface area contributed by atoms with Crippen molar-refractivity contribution < 1.29 is 201 Å². The van der Waals surface area contributed by atoms with Crippen LogP contribution in [0, 0.1) is 0 Å². The molecule has 0 fully saturated rings. The van der Waals surface area contributed by atoms with Crippen molar-refractivity contribution in [3.05, 3.63) is 0 Å². The first-order valence-electron chi connectivity index (χ1n) is 34.8. The number of carbonyl (C=O) groups excluding carboxylic acids is 7. The van der Waals surface area contributed by atoms with Crippen LogP contribution in [0.25, 0.3) is 0 Å². The topological polar surface area (TPSA) is 281 Å². The first-order valence-corrected chi connectivity index (χ1v) is 34.8. The predicted molar refractivity (Wildman–Crippen MR) is 333 cm³/mol. The van der Waals surface area contributed by atoms with Gasteiger partial charge in [0.05, 0.1) is 0 Å². The molecule has 21 heteroatoms. The van der Waals surface area contributed by atoms with E-state index < -0.39 is 41.8 Å². The third kappa shape index (κ3) is 176. The fraction of sp³-hybridized carbons (Fsp3) is 0.900. The van der Waals surface area contributed by atoms with Gasteiger partial charge in [-0.25, -0.2) is 0 Å². The van der Waals surface area contributed by atoms with E-state index >= 15 is 0 Å². The molecule has 0 saturated heterocycles. The van der Waals surface area contributed by atoms with Gasteiger partial charge in [0.25, 0.3) is 0 Å². The summed E-state index contributed by atoms with van der Waals surface area (Å²) >= 11 is 0. The molecule has 0 aliphatic carbocycles. The smallest absolute Gasteiger partial charge is 0.550 e. The van der Waals surface area contributed by atoms with Gasteiger partial charge in [0.2, 0.25) is 0 Å². The molecule has 504 valence electrons. The van der Waals surface area contributed by atoms with Gasteiger partial charge in [-0.2, -0.15) is 0 Å². The minimum atomic E-state index is -0.913. The molecule has 0 amide bonds. The Hall–Kier alpha value is 0.472. The van der Waals surface area contributed by atoms with Gasteiger partial charge in [0.15, 0.2) is 0 Å². The van der Waals surface area contributed by atoms with Gasteiger partial charge in [-0.1, -0.05) is 318 Å². The summed E-state index contributed by atoms with van der Waals surface area (Å²) in [7, 11) is 0. The Morgan fingerprint density at radius 3 is 0.275 bits per heavy atom. The quantitative estimate of drug-likeness (QED) is 0.0404. The zero-order valence-corrected chi connectivity index (χ0v) is 62.8. The number of carbonyl (C=O) groups is 7. The molecule has 0 atom stereocenters. The average molecular weight is 1250 g/mol. The van der Waals surface area contributed by atoms with Crippen molar-refractivity contribution in [2.45, 2.75) is 408 Å². The Balaban J connectivity index is -0.0000000625. The van der Waals surface area contributed by atoms with Crippen LogP contribution in [0.2, 0.25) is 0 Å². The number of unbranched alkanes of at least 4 members (excludes halogenated alkanes) is 42. The fourth-order valence-corrected chi connectivity index (χ4v) is 8.59. The average Bonchev–Trinajstić information content (AvgIpc) is 3.44. The molecule has 0 N–H and O–H groups in total. The summed E-state index contributed by atoms with van der Waals surface area (Å²) in [5, 5.41) is 70.2. The standard InChI is InChI=1S/7C10H20O2.7Li/c7*1-2-3-4-5-6-7-8-9-10(11)12;;;;;;;/h7*2-9H2,1H3,(H,11,12);;;;;;;/q;;;;;;;7*+1/p-7. The van der Waals surface area contributed by atoms with Gasteiger partial charge in [0.1, 0.15) is 0 Å². The maximum Gasteiger partial charge on any atom is 1.00 e. The third-order valence-electron chi connectivity index (χ3n) is 13.9. The van der Waals surface area contributed by atoms with Gasteiger partial charge in [-0.15, -0.1) is 0 Å². The van der Waals surface area contributed by atoms with E-state index in [4.69, 9.17) is 0 Å². The molecule has 0 aromatic heterocycles. The van der Waals surface area contributed by atoms with Crippen molar-refractivity contribution >= 4 is 41.8 Å². The van der Waals surface area contributed by atoms with Crippen LogP contribution in [0.15, 0.2) is 0 Å². The Bertz CT molecular complexity index is 1080. The summed E-state index contributed by atoms with van der Waals surface area (Å²) in [6, 6.07) is 0. The van der Waals surface area contributed by atoms with Crippen LogP contribution in [0.3, 0.4) is 0 Å². The minimum Gasteiger partial charge on any atom is -0.550 e. The molecule has 0 unspecified atom stereocenters. The first kappa shape index (κ1) is 125. The van der Waals surface area contributed by atoms with E-state index in [1.54, 1.807) is 0 Å². The third-order valence-corrected chi connectivity index (χ3v) is 13.9. The second kappa shape index (κ2) is 121. The molecular weight excluding hydrogens is 1110 g/mol. The van der Waals surface area contributed by atoms with Crippen LogP contribution in [-0.4, -0.2) is 41.8 Å². The van der Waals surface area contributed by atoms with Crippen molar-refractivity contribution in [2.75, 3.05) is 0 Å². The fourth-order valence-electron chi connectivity index (χ4n) is 8.59. The monoisotopic (exact) mass is 1250 g/mol. The number of carboxylic acid groups (broad SMARTS) is 7. The predicted octanol–water partition coefficient (Wildman–Crippen LogP) is -7.83. The zero-order chi connectivity index (χ0) is 64.6. The summed E-state index contributed by atoms with van der Waals surface area (Å²) in [6.45, 7) is 15.3. The molecule has 0 radical (unpaired) electrons. The largest absolute Gasteiger partial charge is 1.00 e. The number of rotatable bonds is 56. The van der Waals surface area contributed by atoms with Crippen LogP contribution >= 0.6 is 0 Å². The SMILES string of the molecule is CCCCCCCCCC(=O)[O-].CCCCCCCCCC(=O)[O-].CCCCCCCCCC(=O)[O-].CCCCCCCCCC(=O)[O-].CCCCCCCCCC(=O)[O-].CCCCCCCCCC(=O)[O-].CCCCCCCCCC(=O)[O-].[Li+].[Li+].[Li+].[Li+].[Li+].[Li+].[Li+]. The molecule has 91 heavy (non-hydrogen) atoms. The molecule has 0 spiro atoms. The van der Waals surface area contributed by atoms with E-state index in [9.17, 15) is 69.3 Å². The van der Waals surface area contributed by atoms with Gasteiger partial charge in [0, 0.05) is 41.8 Å². The van der Waals surface area contributed by atoms with Gasteiger partial charge < -0.3 is 69.3 Å². The number of carboxylic acids is 7. The van der Waals surface area contributed by atoms with E-state index in [2.05, 4.69) is 48.5 Å². The van der Waals surface area contributed by atoms with Crippen molar-refractivity contribution in [3.63, 3.8) is 0 Å². The normalized spacial score (nSPS) is 9.31. The summed E-state index contributed by atoms with van der Waals surface area (Å²) in [6.07, 6.45) is 58.4. The second-order valence-corrected chi connectivity index (χ2v) is 22.7. The first-order chi connectivity index (χ1) is 40.4. The summed E-state index contributed by atoms with van der Waals surface area (Å²) in [5.41, 5.74) is 0. The maximum atomic E-state index is 10.0. The summed E-state index contributed by atoms with van der Waals surface area (Å²) in [5.74, 6) is -6.39. The zero-order valence-electron chi connectivity index (χ0n) is 62.8. The Morgan fingerprint density at radius 2 is 0.209 bits per heavy atom. The van der Waals surface area contributed by atoms with Crippen LogP contribution < -0.4 is 168 Å². The number of hydrogen-bond donors (Lipinski definition) is 0. The number of hydrogen-bond acceptors (Lipinski definition) is 14. The second-order valence-electron chi connectivity index (χ2n) is 22.7. The molecule has 0 heterocycles. The van der Waals surface area contributed by atoms with E-state index in [0.717, 1.165) is 89.9 Å².